The molecule has 0 unspecified atom stereocenters. The zero-order valence-corrected chi connectivity index (χ0v) is 9.90. The maximum Gasteiger partial charge on any atom is 0.127 e. The van der Waals surface area contributed by atoms with Gasteiger partial charge in [-0.2, -0.15) is 0 Å². The summed E-state index contributed by atoms with van der Waals surface area (Å²) < 4.78 is 5.46. The van der Waals surface area contributed by atoms with Gasteiger partial charge < -0.3 is 4.74 Å². The zero-order valence-electron chi connectivity index (χ0n) is 9.90. The van der Waals surface area contributed by atoms with Crippen molar-refractivity contribution in [2.45, 2.75) is 6.92 Å². The Morgan fingerprint density at radius 2 is 1.71 bits per heavy atom. The van der Waals surface area contributed by atoms with Gasteiger partial charge in [0.25, 0.3) is 0 Å². The van der Waals surface area contributed by atoms with E-state index in [1.807, 2.05) is 37.3 Å². The molecule has 84 valence electrons. The second-order valence-electron chi connectivity index (χ2n) is 4.10. The molecule has 1 heterocycles. The molecule has 0 aliphatic carbocycles. The number of ether oxygens (including phenoxy) is 1. The van der Waals surface area contributed by atoms with Crippen molar-refractivity contribution in [2.24, 2.45) is 0 Å². The van der Waals surface area contributed by atoms with Gasteiger partial charge in [0.05, 0.1) is 12.6 Å². The van der Waals surface area contributed by atoms with Crippen LogP contribution in [0.3, 0.4) is 0 Å². The molecule has 2 heteroatoms. The molecule has 2 nitrogen and oxygen atoms in total. The minimum Gasteiger partial charge on any atom is -0.496 e. The van der Waals surface area contributed by atoms with E-state index in [1.54, 1.807) is 7.11 Å². The van der Waals surface area contributed by atoms with Crippen molar-refractivity contribution in [1.82, 2.24) is 4.98 Å². The van der Waals surface area contributed by atoms with Crippen LogP contribution in [-0.2, 0) is 0 Å². The average Bonchev–Trinajstić information content (AvgIpc) is 2.38. The molecule has 3 rings (SSSR count). The van der Waals surface area contributed by atoms with Crippen LogP contribution in [0.15, 0.2) is 42.5 Å². The Bertz CT molecular complexity index is 704. The van der Waals surface area contributed by atoms with E-state index in [4.69, 9.17) is 4.74 Å². The average molecular weight is 223 g/mol. The number of methoxy groups -OCH3 is 1. The van der Waals surface area contributed by atoms with Gasteiger partial charge in [0.15, 0.2) is 0 Å². The molecule has 0 spiro atoms. The number of benzene rings is 2. The lowest BCUT2D eigenvalue weighted by Gasteiger charge is -2.10. The number of fused-ring (bicyclic) bond motifs is 3. The van der Waals surface area contributed by atoms with Crippen molar-refractivity contribution in [2.75, 3.05) is 7.11 Å². The minimum absolute atomic E-state index is 0.907. The first kappa shape index (κ1) is 10.1. The van der Waals surface area contributed by atoms with Crippen LogP contribution < -0.4 is 4.74 Å². The number of pyridine rings is 1. The summed E-state index contributed by atoms with van der Waals surface area (Å²) in [6.45, 7) is 2.04. The van der Waals surface area contributed by atoms with Crippen LogP contribution in [0.2, 0.25) is 0 Å². The van der Waals surface area contributed by atoms with Gasteiger partial charge in [-0.15, -0.1) is 0 Å². The number of aryl methyl sites for hydroxylation is 1. The van der Waals surface area contributed by atoms with E-state index in [0.717, 1.165) is 33.1 Å². The van der Waals surface area contributed by atoms with Crippen molar-refractivity contribution in [3.05, 3.63) is 48.2 Å². The molecule has 2 aromatic carbocycles. The van der Waals surface area contributed by atoms with E-state index >= 15 is 0 Å². The van der Waals surface area contributed by atoms with Gasteiger partial charge in [0.1, 0.15) is 5.75 Å². The van der Waals surface area contributed by atoms with Crippen LogP contribution in [0.5, 0.6) is 5.75 Å². The summed E-state index contributed by atoms with van der Waals surface area (Å²) >= 11 is 0. The van der Waals surface area contributed by atoms with Gasteiger partial charge in [-0.3, -0.25) is 4.98 Å². The molecule has 1 aromatic heterocycles. The first-order chi connectivity index (χ1) is 8.31. The van der Waals surface area contributed by atoms with Gasteiger partial charge >= 0.3 is 0 Å². The summed E-state index contributed by atoms with van der Waals surface area (Å²) in [6, 6.07) is 14.3. The summed E-state index contributed by atoms with van der Waals surface area (Å²) in [5.41, 5.74) is 2.06. The zero-order chi connectivity index (χ0) is 11.8. The predicted octanol–water partition coefficient (Wildman–Crippen LogP) is 3.71. The summed E-state index contributed by atoms with van der Waals surface area (Å²) in [7, 11) is 1.71. The third-order valence-corrected chi connectivity index (χ3v) is 3.10. The quantitative estimate of drug-likeness (QED) is 0.587. The maximum absolute atomic E-state index is 5.46. The van der Waals surface area contributed by atoms with E-state index in [9.17, 15) is 0 Å². The summed E-state index contributed by atoms with van der Waals surface area (Å²) in [5.74, 6) is 0.907. The molecular formula is C15H13NO. The molecule has 0 bridgehead atoms. The molecule has 0 aliphatic rings. The third kappa shape index (κ3) is 1.45. The Balaban J connectivity index is 2.61. The second kappa shape index (κ2) is 3.74. The van der Waals surface area contributed by atoms with Crippen LogP contribution in [0.1, 0.15) is 5.69 Å². The molecule has 17 heavy (non-hydrogen) atoms. The van der Waals surface area contributed by atoms with Crippen LogP contribution in [0.25, 0.3) is 21.7 Å². The molecule has 0 radical (unpaired) electrons. The first-order valence-electron chi connectivity index (χ1n) is 5.63. The highest BCUT2D eigenvalue weighted by Crippen LogP contribution is 2.33. The van der Waals surface area contributed by atoms with Crippen molar-refractivity contribution in [3.8, 4) is 5.75 Å². The lowest BCUT2D eigenvalue weighted by atomic mass is 10.0. The van der Waals surface area contributed by atoms with Crippen LogP contribution >= 0.6 is 0 Å². The SMILES string of the molecule is COc1cccc2c(C)nc3ccccc3c12. The predicted molar refractivity (Wildman–Crippen MR) is 70.5 cm³/mol. The number of rotatable bonds is 1. The highest BCUT2D eigenvalue weighted by molar-refractivity contribution is 6.09. The topological polar surface area (TPSA) is 22.1 Å². The molecule has 0 atom stereocenters. The van der Waals surface area contributed by atoms with E-state index in [-0.39, 0.29) is 0 Å². The van der Waals surface area contributed by atoms with E-state index in [0.29, 0.717) is 0 Å². The first-order valence-corrected chi connectivity index (χ1v) is 5.63. The normalized spacial score (nSPS) is 10.9. The van der Waals surface area contributed by atoms with Gasteiger partial charge in [-0.1, -0.05) is 30.3 Å². The van der Waals surface area contributed by atoms with Crippen LogP contribution in [0.4, 0.5) is 0 Å². The monoisotopic (exact) mass is 223 g/mol. The van der Waals surface area contributed by atoms with Crippen molar-refractivity contribution in [1.29, 1.82) is 0 Å². The van der Waals surface area contributed by atoms with E-state index < -0.39 is 0 Å². The maximum atomic E-state index is 5.46. The van der Waals surface area contributed by atoms with Gasteiger partial charge in [0.2, 0.25) is 0 Å². The van der Waals surface area contributed by atoms with Gasteiger partial charge in [-0.25, -0.2) is 0 Å². The number of nitrogens with zero attached hydrogens (tertiary/aromatic N) is 1. The fourth-order valence-corrected chi connectivity index (χ4v) is 2.30. The highest BCUT2D eigenvalue weighted by atomic mass is 16.5. The Morgan fingerprint density at radius 3 is 2.53 bits per heavy atom. The molecule has 0 saturated heterocycles. The number of hydrogen-bond donors (Lipinski definition) is 0. The third-order valence-electron chi connectivity index (χ3n) is 3.10. The number of aromatic nitrogens is 1. The smallest absolute Gasteiger partial charge is 0.127 e. The Kier molecular flexibility index (Phi) is 2.22. The summed E-state index contributed by atoms with van der Waals surface area (Å²) in [6.07, 6.45) is 0. The molecule has 0 aliphatic heterocycles. The standard InChI is InChI=1S/C15H13NO/c1-10-11-7-5-9-14(17-2)15(11)12-6-3-4-8-13(12)16-10/h3-9H,1-2H3. The van der Waals surface area contributed by atoms with Crippen molar-refractivity contribution < 1.29 is 4.74 Å². The Hall–Kier alpha value is -2.09. The molecule has 0 fully saturated rings. The number of para-hydroxylation sites is 1. The van der Waals surface area contributed by atoms with E-state index in [1.165, 1.54) is 0 Å². The fraction of sp³-hybridized carbons (Fsp3) is 0.133. The second-order valence-corrected chi connectivity index (χ2v) is 4.10. The van der Waals surface area contributed by atoms with Crippen molar-refractivity contribution >= 4 is 21.7 Å². The minimum atomic E-state index is 0.907. The molecular weight excluding hydrogens is 210 g/mol. The van der Waals surface area contributed by atoms with E-state index in [2.05, 4.69) is 17.1 Å². The Labute approximate surface area is 99.9 Å². The summed E-state index contributed by atoms with van der Waals surface area (Å²) in [5, 5.41) is 3.45. The van der Waals surface area contributed by atoms with Crippen LogP contribution in [0, 0.1) is 6.92 Å². The van der Waals surface area contributed by atoms with Crippen LogP contribution in [-0.4, -0.2) is 12.1 Å². The van der Waals surface area contributed by atoms with Gasteiger partial charge in [0, 0.05) is 21.9 Å². The largest absolute Gasteiger partial charge is 0.496 e. The lowest BCUT2D eigenvalue weighted by molar-refractivity contribution is 0.420. The Morgan fingerprint density at radius 1 is 0.941 bits per heavy atom. The molecule has 0 N–H and O–H groups in total. The lowest BCUT2D eigenvalue weighted by Crippen LogP contribution is -1.91. The molecule has 3 aromatic rings. The number of hydrogen-bond acceptors (Lipinski definition) is 2. The fourth-order valence-electron chi connectivity index (χ4n) is 2.30. The molecule has 0 amide bonds. The molecule has 0 saturated carbocycles. The van der Waals surface area contributed by atoms with Crippen molar-refractivity contribution in [3.63, 3.8) is 0 Å². The summed E-state index contributed by atoms with van der Waals surface area (Å²) in [4.78, 5) is 4.62. The van der Waals surface area contributed by atoms with Gasteiger partial charge in [-0.05, 0) is 19.1 Å². The highest BCUT2D eigenvalue weighted by Gasteiger charge is 2.08.